The van der Waals surface area contributed by atoms with E-state index in [0.717, 1.165) is 5.69 Å². The van der Waals surface area contributed by atoms with Gasteiger partial charge in [0.25, 0.3) is 11.8 Å². The topological polar surface area (TPSA) is 115 Å². The lowest BCUT2D eigenvalue weighted by Crippen LogP contribution is -2.42. The number of aryl methyl sites for hydroxylation is 1. The number of hydrogen-bond donors (Lipinski definition) is 2. The lowest BCUT2D eigenvalue weighted by atomic mass is 10.2. The molecule has 2 amide bonds. The summed E-state index contributed by atoms with van der Waals surface area (Å²) in [6, 6.07) is 1.62. The largest absolute Gasteiger partial charge is 0.416 e. The number of nitrogens with zero attached hydrogens (tertiary/aromatic N) is 3. The number of carbonyl (C=O) groups is 2. The molecule has 1 fully saturated rings. The molecule has 0 aliphatic carbocycles. The highest BCUT2D eigenvalue weighted by atomic mass is 16.4. The Balaban J connectivity index is 1.70. The maximum atomic E-state index is 12.6. The molecule has 9 nitrogen and oxygen atoms in total. The molecule has 0 spiro atoms. The summed E-state index contributed by atoms with van der Waals surface area (Å²) in [4.78, 5) is 41.6. The third-order valence-electron chi connectivity index (χ3n) is 4.15. The van der Waals surface area contributed by atoms with Gasteiger partial charge in [-0.1, -0.05) is 0 Å². The number of amides is 2. The van der Waals surface area contributed by atoms with E-state index in [-0.39, 0.29) is 23.6 Å². The quantitative estimate of drug-likeness (QED) is 0.839. The highest BCUT2D eigenvalue weighted by Gasteiger charge is 2.34. The molecule has 1 unspecified atom stereocenters. The highest BCUT2D eigenvalue weighted by molar-refractivity contribution is 5.93. The second-order valence-corrected chi connectivity index (χ2v) is 5.76. The number of aromatic amines is 2. The van der Waals surface area contributed by atoms with E-state index in [9.17, 15) is 14.4 Å². The van der Waals surface area contributed by atoms with Gasteiger partial charge in [-0.25, -0.2) is 4.79 Å². The van der Waals surface area contributed by atoms with Crippen LogP contribution in [0, 0.1) is 6.92 Å². The van der Waals surface area contributed by atoms with Crippen LogP contribution in [0.4, 0.5) is 0 Å². The van der Waals surface area contributed by atoms with Gasteiger partial charge in [0.1, 0.15) is 5.69 Å². The van der Waals surface area contributed by atoms with Crippen molar-refractivity contribution in [2.75, 3.05) is 19.6 Å². The number of likely N-dealkylation sites (N-methyl/N-ethyl adjacent to an activating group) is 1. The average molecular weight is 333 g/mol. The maximum Gasteiger partial charge on any atom is 0.416 e. The third kappa shape index (κ3) is 2.97. The van der Waals surface area contributed by atoms with Gasteiger partial charge in [0.2, 0.25) is 5.76 Å². The molecule has 0 radical (unpaired) electrons. The molecule has 2 N–H and O–H groups in total. The van der Waals surface area contributed by atoms with Crippen molar-refractivity contribution < 1.29 is 14.0 Å². The average Bonchev–Trinajstić information content (AvgIpc) is 3.28. The van der Waals surface area contributed by atoms with Crippen LogP contribution in [0.5, 0.6) is 0 Å². The first-order valence-corrected chi connectivity index (χ1v) is 7.80. The van der Waals surface area contributed by atoms with Crippen molar-refractivity contribution in [3.63, 3.8) is 0 Å². The van der Waals surface area contributed by atoms with Crippen LogP contribution in [0.2, 0.25) is 0 Å². The molecule has 9 heteroatoms. The van der Waals surface area contributed by atoms with Crippen LogP contribution >= 0.6 is 0 Å². The van der Waals surface area contributed by atoms with Gasteiger partial charge >= 0.3 is 5.76 Å². The fourth-order valence-corrected chi connectivity index (χ4v) is 2.97. The fraction of sp³-hybridized carbons (Fsp3) is 0.467. The zero-order chi connectivity index (χ0) is 17.3. The van der Waals surface area contributed by atoms with Crippen LogP contribution in [-0.4, -0.2) is 62.5 Å². The predicted molar refractivity (Wildman–Crippen MR) is 83.7 cm³/mol. The first kappa shape index (κ1) is 16.0. The van der Waals surface area contributed by atoms with Crippen LogP contribution in [0.25, 0.3) is 0 Å². The number of carbonyl (C=O) groups excluding carboxylic acids is 2. The van der Waals surface area contributed by atoms with E-state index >= 15 is 0 Å². The van der Waals surface area contributed by atoms with Crippen LogP contribution in [0.1, 0.15) is 40.1 Å². The van der Waals surface area contributed by atoms with Crippen molar-refractivity contribution in [1.29, 1.82) is 0 Å². The molecule has 24 heavy (non-hydrogen) atoms. The molecule has 3 rings (SSSR count). The number of H-pyrrole nitrogens is 2. The Bertz CT molecular complexity index is 805. The Hall–Kier alpha value is -2.84. The maximum absolute atomic E-state index is 12.6. The fourth-order valence-electron chi connectivity index (χ4n) is 2.97. The first-order chi connectivity index (χ1) is 11.5. The van der Waals surface area contributed by atoms with Crippen LogP contribution in [0.3, 0.4) is 0 Å². The summed E-state index contributed by atoms with van der Waals surface area (Å²) in [6.45, 7) is 5.16. The Morgan fingerprint density at radius 3 is 2.88 bits per heavy atom. The van der Waals surface area contributed by atoms with Crippen molar-refractivity contribution >= 4 is 11.8 Å². The van der Waals surface area contributed by atoms with Gasteiger partial charge in [0, 0.05) is 25.3 Å². The molecular formula is C15H19N5O4. The number of rotatable bonds is 4. The summed E-state index contributed by atoms with van der Waals surface area (Å²) in [5, 5.41) is 6.77. The number of likely N-dealkylation sites (tertiary alicyclic amines) is 1. The van der Waals surface area contributed by atoms with Gasteiger partial charge in [-0.05, 0) is 26.3 Å². The Morgan fingerprint density at radius 2 is 2.29 bits per heavy atom. The molecule has 1 atom stereocenters. The second-order valence-electron chi connectivity index (χ2n) is 5.76. The van der Waals surface area contributed by atoms with E-state index < -0.39 is 5.76 Å². The lowest BCUT2D eigenvalue weighted by Gasteiger charge is -2.27. The SMILES string of the molecule is CCN(C(=O)c1cc(C)[nH]n1)C1CCN(C(=O)c2c[nH]c(=O)o2)C1. The summed E-state index contributed by atoms with van der Waals surface area (Å²) in [5.41, 5.74) is 1.19. The van der Waals surface area contributed by atoms with Gasteiger partial charge in [0.05, 0.1) is 12.2 Å². The van der Waals surface area contributed by atoms with Gasteiger partial charge in [-0.2, -0.15) is 5.10 Å². The number of oxazole rings is 1. The molecule has 1 aliphatic rings. The third-order valence-corrected chi connectivity index (χ3v) is 4.15. The Labute approximate surface area is 137 Å². The van der Waals surface area contributed by atoms with Gasteiger partial charge in [-0.15, -0.1) is 0 Å². The highest BCUT2D eigenvalue weighted by Crippen LogP contribution is 2.19. The second kappa shape index (κ2) is 6.34. The summed E-state index contributed by atoms with van der Waals surface area (Å²) >= 11 is 0. The van der Waals surface area contributed by atoms with Crippen molar-refractivity contribution in [3.05, 3.63) is 40.0 Å². The van der Waals surface area contributed by atoms with Crippen molar-refractivity contribution in [3.8, 4) is 0 Å². The summed E-state index contributed by atoms with van der Waals surface area (Å²) < 4.78 is 4.80. The van der Waals surface area contributed by atoms with Crippen molar-refractivity contribution in [1.82, 2.24) is 25.0 Å². The molecule has 0 aromatic carbocycles. The zero-order valence-corrected chi connectivity index (χ0v) is 13.5. The summed E-state index contributed by atoms with van der Waals surface area (Å²) in [6.07, 6.45) is 1.93. The van der Waals surface area contributed by atoms with E-state index in [1.165, 1.54) is 6.20 Å². The van der Waals surface area contributed by atoms with E-state index in [2.05, 4.69) is 15.2 Å². The lowest BCUT2D eigenvalue weighted by molar-refractivity contribution is 0.0653. The van der Waals surface area contributed by atoms with Crippen molar-refractivity contribution in [2.45, 2.75) is 26.3 Å². The molecule has 128 valence electrons. The standard InChI is InChI=1S/C15H19N5O4/c1-3-20(13(21)11-6-9(2)17-18-11)10-4-5-19(8-10)14(22)12-7-16-15(23)24-12/h6-7,10H,3-5,8H2,1-2H3,(H,16,23)(H,17,18). The van der Waals surface area contributed by atoms with Crippen LogP contribution in [-0.2, 0) is 0 Å². The number of nitrogens with one attached hydrogen (secondary N) is 2. The molecule has 0 saturated carbocycles. The number of aromatic nitrogens is 3. The monoisotopic (exact) mass is 333 g/mol. The minimum Gasteiger partial charge on any atom is -0.403 e. The molecule has 1 aliphatic heterocycles. The molecule has 1 saturated heterocycles. The normalized spacial score (nSPS) is 17.2. The molecule has 3 heterocycles. The molecular weight excluding hydrogens is 314 g/mol. The summed E-state index contributed by atoms with van der Waals surface area (Å²) in [5.74, 6) is -1.18. The van der Waals surface area contributed by atoms with E-state index in [0.29, 0.717) is 31.7 Å². The van der Waals surface area contributed by atoms with Gasteiger partial charge in [0.15, 0.2) is 0 Å². The zero-order valence-electron chi connectivity index (χ0n) is 13.5. The van der Waals surface area contributed by atoms with Gasteiger partial charge < -0.3 is 14.2 Å². The molecule has 0 bridgehead atoms. The Kier molecular flexibility index (Phi) is 4.24. The summed E-state index contributed by atoms with van der Waals surface area (Å²) in [7, 11) is 0. The minimum atomic E-state index is -0.659. The van der Waals surface area contributed by atoms with Gasteiger partial charge in [-0.3, -0.25) is 19.7 Å². The van der Waals surface area contributed by atoms with Crippen molar-refractivity contribution in [2.24, 2.45) is 0 Å². The number of hydrogen-bond acceptors (Lipinski definition) is 5. The van der Waals surface area contributed by atoms with E-state index in [1.54, 1.807) is 15.9 Å². The smallest absolute Gasteiger partial charge is 0.403 e. The molecule has 2 aromatic heterocycles. The van der Waals surface area contributed by atoms with Crippen LogP contribution < -0.4 is 5.76 Å². The minimum absolute atomic E-state index is 0.0158. The van der Waals surface area contributed by atoms with Crippen LogP contribution in [0.15, 0.2) is 21.5 Å². The molecule has 2 aromatic rings. The predicted octanol–water partition coefficient (Wildman–Crippen LogP) is 0.376. The van der Waals surface area contributed by atoms with E-state index in [1.807, 2.05) is 13.8 Å². The van der Waals surface area contributed by atoms with E-state index in [4.69, 9.17) is 4.42 Å². The first-order valence-electron chi connectivity index (χ1n) is 7.80. The Morgan fingerprint density at radius 1 is 1.50 bits per heavy atom.